The minimum absolute atomic E-state index is 0.389. The molecule has 0 bridgehead atoms. The van der Waals surface area contributed by atoms with Gasteiger partial charge in [-0.25, -0.2) is 0 Å². The molecule has 2 rings (SSSR count). The minimum Gasteiger partial charge on any atom is -0.298 e. The van der Waals surface area contributed by atoms with Gasteiger partial charge in [0.05, 0.1) is 6.54 Å². The third kappa shape index (κ3) is 1.88. The lowest BCUT2D eigenvalue weighted by atomic mass is 10.1. The standard InChI is InChI=1S/C11H15NOS/c1-2-10(11-4-3-7-14-11)12-6-5-9(13)8-12/h3-4,7,10H,2,5-6,8H2,1H3. The van der Waals surface area contributed by atoms with E-state index < -0.39 is 0 Å². The molecule has 1 aliphatic rings. The number of hydrogen-bond acceptors (Lipinski definition) is 3. The minimum atomic E-state index is 0.389. The average Bonchev–Trinajstić information content (AvgIpc) is 2.79. The Kier molecular flexibility index (Phi) is 2.99. The highest BCUT2D eigenvalue weighted by atomic mass is 32.1. The van der Waals surface area contributed by atoms with Gasteiger partial charge >= 0.3 is 0 Å². The predicted octanol–water partition coefficient (Wildman–Crippen LogP) is 2.47. The summed E-state index contributed by atoms with van der Waals surface area (Å²) in [5.41, 5.74) is 0. The molecule has 1 saturated heterocycles. The SMILES string of the molecule is CCC(c1cccs1)N1CCC(=O)C1. The van der Waals surface area contributed by atoms with Gasteiger partial charge in [0.2, 0.25) is 0 Å². The van der Waals surface area contributed by atoms with Crippen molar-refractivity contribution in [1.82, 2.24) is 4.90 Å². The van der Waals surface area contributed by atoms with E-state index in [1.165, 1.54) is 4.88 Å². The van der Waals surface area contributed by atoms with Crippen LogP contribution in [-0.2, 0) is 4.79 Å². The lowest BCUT2D eigenvalue weighted by Crippen LogP contribution is -2.25. The Bertz CT molecular complexity index is 307. The molecule has 0 amide bonds. The van der Waals surface area contributed by atoms with Crippen LogP contribution in [0.3, 0.4) is 0 Å². The smallest absolute Gasteiger partial charge is 0.148 e. The van der Waals surface area contributed by atoms with Gasteiger partial charge in [-0.15, -0.1) is 11.3 Å². The number of Topliss-reactive ketones (excluding diaryl/α,β-unsaturated/α-hetero) is 1. The maximum atomic E-state index is 11.2. The van der Waals surface area contributed by atoms with E-state index in [1.807, 2.05) is 0 Å². The molecular weight excluding hydrogens is 194 g/mol. The molecule has 1 unspecified atom stereocenters. The molecule has 0 aliphatic carbocycles. The van der Waals surface area contributed by atoms with E-state index in [0.29, 0.717) is 18.4 Å². The molecule has 1 aromatic rings. The van der Waals surface area contributed by atoms with Crippen LogP contribution >= 0.6 is 11.3 Å². The van der Waals surface area contributed by atoms with E-state index >= 15 is 0 Å². The van der Waals surface area contributed by atoms with E-state index in [-0.39, 0.29) is 0 Å². The number of likely N-dealkylation sites (tertiary alicyclic amines) is 1. The number of nitrogens with zero attached hydrogens (tertiary/aromatic N) is 1. The first-order chi connectivity index (χ1) is 6.81. The first kappa shape index (κ1) is 9.87. The van der Waals surface area contributed by atoms with E-state index in [9.17, 15) is 4.79 Å². The molecule has 2 nitrogen and oxygen atoms in total. The van der Waals surface area contributed by atoms with Gasteiger partial charge in [-0.2, -0.15) is 0 Å². The van der Waals surface area contributed by atoms with Crippen molar-refractivity contribution >= 4 is 17.1 Å². The van der Waals surface area contributed by atoms with Crippen LogP contribution in [0.25, 0.3) is 0 Å². The fourth-order valence-electron chi connectivity index (χ4n) is 2.04. The van der Waals surface area contributed by atoms with Gasteiger partial charge in [-0.05, 0) is 17.9 Å². The van der Waals surface area contributed by atoms with Crippen LogP contribution in [0.5, 0.6) is 0 Å². The Hall–Kier alpha value is -0.670. The highest BCUT2D eigenvalue weighted by Gasteiger charge is 2.26. The molecule has 0 radical (unpaired) electrons. The quantitative estimate of drug-likeness (QED) is 0.762. The van der Waals surface area contributed by atoms with Crippen LogP contribution in [0, 0.1) is 0 Å². The van der Waals surface area contributed by atoms with Crippen molar-refractivity contribution in [3.63, 3.8) is 0 Å². The molecule has 1 aliphatic heterocycles. The van der Waals surface area contributed by atoms with Crippen molar-refractivity contribution in [3.8, 4) is 0 Å². The summed E-state index contributed by atoms with van der Waals surface area (Å²) >= 11 is 1.79. The highest BCUT2D eigenvalue weighted by Crippen LogP contribution is 2.29. The Labute approximate surface area is 88.5 Å². The molecule has 1 fully saturated rings. The zero-order valence-corrected chi connectivity index (χ0v) is 9.22. The van der Waals surface area contributed by atoms with Crippen molar-refractivity contribution in [1.29, 1.82) is 0 Å². The Morgan fingerprint density at radius 1 is 1.64 bits per heavy atom. The Morgan fingerprint density at radius 2 is 2.50 bits per heavy atom. The van der Waals surface area contributed by atoms with Crippen LogP contribution in [0.4, 0.5) is 0 Å². The van der Waals surface area contributed by atoms with E-state index in [2.05, 4.69) is 29.3 Å². The zero-order valence-electron chi connectivity index (χ0n) is 8.40. The zero-order chi connectivity index (χ0) is 9.97. The van der Waals surface area contributed by atoms with Crippen LogP contribution in [-0.4, -0.2) is 23.8 Å². The number of carbonyl (C=O) groups is 1. The number of thiophene rings is 1. The van der Waals surface area contributed by atoms with Crippen molar-refractivity contribution in [2.45, 2.75) is 25.8 Å². The van der Waals surface area contributed by atoms with Gasteiger partial charge < -0.3 is 0 Å². The van der Waals surface area contributed by atoms with Gasteiger partial charge in [0, 0.05) is 23.9 Å². The van der Waals surface area contributed by atoms with E-state index in [4.69, 9.17) is 0 Å². The van der Waals surface area contributed by atoms with Gasteiger partial charge in [-0.3, -0.25) is 9.69 Å². The summed E-state index contributed by atoms with van der Waals surface area (Å²) in [4.78, 5) is 14.9. The molecule has 14 heavy (non-hydrogen) atoms. The molecule has 0 saturated carbocycles. The maximum Gasteiger partial charge on any atom is 0.148 e. The summed E-state index contributed by atoms with van der Waals surface area (Å²) in [5.74, 6) is 0.389. The first-order valence-electron chi connectivity index (χ1n) is 5.10. The summed E-state index contributed by atoms with van der Waals surface area (Å²) in [6.07, 6.45) is 1.83. The van der Waals surface area contributed by atoms with Gasteiger partial charge in [-0.1, -0.05) is 13.0 Å². The summed E-state index contributed by atoms with van der Waals surface area (Å²) in [7, 11) is 0. The fourth-order valence-corrected chi connectivity index (χ4v) is 2.98. The molecule has 3 heteroatoms. The van der Waals surface area contributed by atoms with Crippen LogP contribution in [0.15, 0.2) is 17.5 Å². The lowest BCUT2D eigenvalue weighted by Gasteiger charge is -2.24. The molecule has 1 aromatic heterocycles. The van der Waals surface area contributed by atoms with Crippen LogP contribution in [0.1, 0.15) is 30.7 Å². The second-order valence-electron chi connectivity index (χ2n) is 3.70. The molecular formula is C11H15NOS. The molecule has 0 aromatic carbocycles. The Morgan fingerprint density at radius 3 is 3.00 bits per heavy atom. The summed E-state index contributed by atoms with van der Waals surface area (Å²) in [6, 6.07) is 4.71. The van der Waals surface area contributed by atoms with Crippen LogP contribution in [0.2, 0.25) is 0 Å². The summed E-state index contributed by atoms with van der Waals surface area (Å²) in [5, 5.41) is 2.11. The highest BCUT2D eigenvalue weighted by molar-refractivity contribution is 7.10. The molecule has 0 N–H and O–H groups in total. The normalized spacial score (nSPS) is 20.2. The first-order valence-corrected chi connectivity index (χ1v) is 5.98. The van der Waals surface area contributed by atoms with Gasteiger partial charge in [0.1, 0.15) is 5.78 Å². The largest absolute Gasteiger partial charge is 0.298 e. The summed E-state index contributed by atoms with van der Waals surface area (Å²) < 4.78 is 0. The molecule has 76 valence electrons. The predicted molar refractivity (Wildman–Crippen MR) is 58.5 cm³/mol. The van der Waals surface area contributed by atoms with Crippen molar-refractivity contribution in [2.24, 2.45) is 0 Å². The van der Waals surface area contributed by atoms with Crippen molar-refractivity contribution in [2.75, 3.05) is 13.1 Å². The third-order valence-electron chi connectivity index (χ3n) is 2.76. The second kappa shape index (κ2) is 4.24. The molecule has 2 heterocycles. The number of carbonyl (C=O) groups excluding carboxylic acids is 1. The maximum absolute atomic E-state index is 11.2. The number of hydrogen-bond donors (Lipinski definition) is 0. The summed E-state index contributed by atoms with van der Waals surface area (Å²) in [6.45, 7) is 3.78. The lowest BCUT2D eigenvalue weighted by molar-refractivity contribution is -0.117. The molecule has 1 atom stereocenters. The van der Waals surface area contributed by atoms with Gasteiger partial charge in [0.25, 0.3) is 0 Å². The number of rotatable bonds is 3. The Balaban J connectivity index is 2.10. The third-order valence-corrected chi connectivity index (χ3v) is 3.73. The number of ketones is 1. The van der Waals surface area contributed by atoms with E-state index in [0.717, 1.165) is 19.4 Å². The molecule has 0 spiro atoms. The fraction of sp³-hybridized carbons (Fsp3) is 0.545. The van der Waals surface area contributed by atoms with Crippen LogP contribution < -0.4 is 0 Å². The monoisotopic (exact) mass is 209 g/mol. The van der Waals surface area contributed by atoms with Crippen molar-refractivity contribution < 1.29 is 4.79 Å². The topological polar surface area (TPSA) is 20.3 Å². The van der Waals surface area contributed by atoms with Crippen molar-refractivity contribution in [3.05, 3.63) is 22.4 Å². The van der Waals surface area contributed by atoms with Gasteiger partial charge in [0.15, 0.2) is 0 Å². The van der Waals surface area contributed by atoms with E-state index in [1.54, 1.807) is 11.3 Å². The second-order valence-corrected chi connectivity index (χ2v) is 4.68. The average molecular weight is 209 g/mol.